The molecule has 0 bridgehead atoms. The van der Waals surface area contributed by atoms with Crippen molar-refractivity contribution in [2.24, 2.45) is 0 Å². The predicted molar refractivity (Wildman–Crippen MR) is 45.6 cm³/mol. The molecule has 0 aliphatic carbocycles. The molecule has 6 nitrogen and oxygen atoms in total. The Hall–Kier alpha value is -0.120. The van der Waals surface area contributed by atoms with Crippen molar-refractivity contribution in [2.45, 2.75) is 11.0 Å². The van der Waals surface area contributed by atoms with Gasteiger partial charge in [-0.1, -0.05) is 6.08 Å². The molecule has 1 atom stereocenters. The molecule has 0 aromatic rings. The van der Waals surface area contributed by atoms with Gasteiger partial charge in [0, 0.05) is 0 Å². The van der Waals surface area contributed by atoms with E-state index < -0.39 is 32.0 Å². The molecule has 0 aromatic heterocycles. The van der Waals surface area contributed by atoms with E-state index in [1.54, 1.807) is 0 Å². The maximum absolute atomic E-state index is 10.4. The molecule has 0 saturated carbocycles. The minimum atomic E-state index is -4.67. The highest BCUT2D eigenvalue weighted by atomic mass is 32.3. The Labute approximate surface area is 71.8 Å². The van der Waals surface area contributed by atoms with Crippen molar-refractivity contribution in [3.8, 4) is 0 Å². The average Bonchev–Trinajstić information content (AvgIpc) is 1.77. The number of allylic oxidation sites excluding steroid dienone is 1. The van der Waals surface area contributed by atoms with Crippen LogP contribution in [0.5, 0.6) is 0 Å². The van der Waals surface area contributed by atoms with Crippen LogP contribution < -0.4 is 0 Å². The summed E-state index contributed by atoms with van der Waals surface area (Å²) in [5.74, 6) is 0. The van der Waals surface area contributed by atoms with Crippen molar-refractivity contribution < 1.29 is 26.6 Å². The Morgan fingerprint density at radius 1 is 1.25 bits per heavy atom. The van der Waals surface area contributed by atoms with Gasteiger partial charge in [0.05, 0.1) is 0 Å². The van der Waals surface area contributed by atoms with Gasteiger partial charge >= 0.3 is 0 Å². The smallest absolute Gasteiger partial charge is 0.282 e. The van der Waals surface area contributed by atoms with E-state index in [1.807, 2.05) is 0 Å². The Morgan fingerprint density at radius 3 is 1.75 bits per heavy atom. The molecule has 74 valence electrons. The lowest BCUT2D eigenvalue weighted by molar-refractivity contribution is 0.366. The van der Waals surface area contributed by atoms with Crippen molar-refractivity contribution in [3.63, 3.8) is 0 Å². The van der Waals surface area contributed by atoms with Gasteiger partial charge in [-0.15, -0.1) is 6.58 Å². The van der Waals surface area contributed by atoms with E-state index in [4.69, 9.17) is 18.2 Å². The van der Waals surface area contributed by atoms with Crippen molar-refractivity contribution in [1.29, 1.82) is 0 Å². The maximum atomic E-state index is 10.4. The summed E-state index contributed by atoms with van der Waals surface area (Å²) in [7, 11) is -8.96. The molecule has 0 aliphatic heterocycles. The van der Waals surface area contributed by atoms with Gasteiger partial charge < -0.3 is 13.7 Å². The van der Waals surface area contributed by atoms with Crippen LogP contribution in [0.25, 0.3) is 0 Å². The first-order chi connectivity index (χ1) is 5.19. The third-order valence-corrected chi connectivity index (χ3v) is 4.30. The van der Waals surface area contributed by atoms with Crippen LogP contribution in [0.15, 0.2) is 12.7 Å². The molecule has 0 spiro atoms. The fourth-order valence-electron chi connectivity index (χ4n) is 0.550. The summed E-state index contributed by atoms with van der Waals surface area (Å²) in [6, 6.07) is 0. The zero-order valence-electron chi connectivity index (χ0n) is 5.99. The third kappa shape index (κ3) is 3.52. The minimum Gasteiger partial charge on any atom is -0.307 e. The molecule has 0 amide bonds. The van der Waals surface area contributed by atoms with E-state index in [-0.39, 0.29) is 0 Å². The summed E-state index contributed by atoms with van der Waals surface area (Å²) in [6.07, 6.45) is 0.612. The van der Waals surface area contributed by atoms with Crippen LogP contribution in [-0.4, -0.2) is 31.2 Å². The Balaban J connectivity index is 4.81. The van der Waals surface area contributed by atoms with Crippen LogP contribution in [0, 0.1) is 0 Å². The van der Waals surface area contributed by atoms with Crippen LogP contribution in [0.1, 0.15) is 6.42 Å². The van der Waals surface area contributed by atoms with Gasteiger partial charge in [0.1, 0.15) is 10.9 Å². The lowest BCUT2D eigenvalue weighted by atomic mass is 10.5. The van der Waals surface area contributed by atoms with Crippen LogP contribution in [0.2, 0.25) is 0 Å². The van der Waals surface area contributed by atoms with Gasteiger partial charge in [0.15, 0.2) is 4.58 Å². The van der Waals surface area contributed by atoms with Gasteiger partial charge in [-0.05, 0) is 6.42 Å². The van der Waals surface area contributed by atoms with Gasteiger partial charge in [0.2, 0.25) is 0 Å². The minimum absolute atomic E-state index is 0.433. The van der Waals surface area contributed by atoms with E-state index in [0.717, 1.165) is 6.08 Å². The molecule has 0 rings (SSSR count). The highest BCUT2D eigenvalue weighted by Crippen LogP contribution is 2.43. The summed E-state index contributed by atoms with van der Waals surface area (Å²) in [4.78, 5) is 0. The van der Waals surface area contributed by atoms with Crippen molar-refractivity contribution in [1.82, 2.24) is 0 Å². The fraction of sp³-hybridized carbons (Fsp3) is 0.500. The normalized spacial score (nSPS) is 17.0. The van der Waals surface area contributed by atoms with Crippen molar-refractivity contribution >= 4 is 21.0 Å². The Kier molecular flexibility index (Phi) is 3.69. The molecular weight excluding hydrogens is 208 g/mol. The summed E-state index contributed by atoms with van der Waals surface area (Å²) >= 11 is 0. The monoisotopic (exact) mass is 218 g/mol. The lowest BCUT2D eigenvalue weighted by Gasteiger charge is -2.25. The quantitative estimate of drug-likeness (QED) is 0.413. The second-order valence-electron chi connectivity index (χ2n) is 2.03. The molecule has 0 heterocycles. The molecule has 8 heteroatoms. The van der Waals surface area contributed by atoms with Gasteiger partial charge in [-0.3, -0.25) is 4.55 Å². The zero-order chi connectivity index (χ0) is 9.99. The van der Waals surface area contributed by atoms with Crippen molar-refractivity contribution in [2.75, 3.05) is 0 Å². The highest BCUT2D eigenvalue weighted by molar-refractivity contribution is 8.26. The summed E-state index contributed by atoms with van der Waals surface area (Å²) in [5.41, 5.74) is 0. The zero-order valence-corrected chi connectivity index (χ0v) is 7.62. The van der Waals surface area contributed by atoms with Gasteiger partial charge in [-0.2, -0.15) is 8.42 Å². The molecule has 0 saturated heterocycles. The average molecular weight is 218 g/mol. The molecule has 0 radical (unpaired) electrons. The third-order valence-electron chi connectivity index (χ3n) is 1.04. The number of hydrogen-bond acceptors (Lipinski definition) is 5. The maximum Gasteiger partial charge on any atom is 0.282 e. The first-order valence-corrected chi connectivity index (χ1v) is 5.83. The van der Waals surface area contributed by atoms with Crippen LogP contribution in [0.4, 0.5) is 0 Å². The summed E-state index contributed by atoms with van der Waals surface area (Å²) < 4.78 is 52.9. The first kappa shape index (κ1) is 11.9. The van der Waals surface area contributed by atoms with Gasteiger partial charge in [-0.25, -0.2) is 0 Å². The Bertz CT molecular complexity index is 249. The van der Waals surface area contributed by atoms with E-state index in [0.29, 0.717) is 0 Å². The number of rotatable bonds is 4. The molecular formula is C4H10O6S2. The second-order valence-corrected chi connectivity index (χ2v) is 5.62. The molecule has 1 unspecified atom stereocenters. The van der Waals surface area contributed by atoms with Crippen LogP contribution in [0.3, 0.4) is 0 Å². The largest absolute Gasteiger partial charge is 0.307 e. The molecule has 0 fully saturated rings. The van der Waals surface area contributed by atoms with Gasteiger partial charge in [0.25, 0.3) is 10.1 Å². The van der Waals surface area contributed by atoms with Crippen molar-refractivity contribution in [3.05, 3.63) is 12.7 Å². The SMILES string of the molecule is C=CCC(S(O)(O)O)S(=O)(=O)O. The van der Waals surface area contributed by atoms with E-state index in [2.05, 4.69) is 6.58 Å². The summed E-state index contributed by atoms with van der Waals surface area (Å²) in [6.45, 7) is 3.13. The lowest BCUT2D eigenvalue weighted by Crippen LogP contribution is -2.26. The highest BCUT2D eigenvalue weighted by Gasteiger charge is 2.36. The number of hydrogen-bond donors (Lipinski definition) is 4. The predicted octanol–water partition coefficient (Wildman–Crippen LogP) is 1.00. The molecule has 0 aliphatic rings. The van der Waals surface area contributed by atoms with E-state index in [1.165, 1.54) is 0 Å². The second kappa shape index (κ2) is 3.73. The summed E-state index contributed by atoms with van der Waals surface area (Å²) in [5, 5.41) is 0. The molecule has 4 N–H and O–H groups in total. The standard InChI is InChI=1S/C4H10O6S2/c1-2-3-4(11(5,6)7)12(8,9)10/h2,4-7H,1,3H2,(H,8,9,10). The van der Waals surface area contributed by atoms with E-state index >= 15 is 0 Å². The first-order valence-electron chi connectivity index (χ1n) is 2.76. The topological polar surface area (TPSA) is 115 Å². The molecule has 0 aromatic carbocycles. The fourth-order valence-corrected chi connectivity index (χ4v) is 2.63. The van der Waals surface area contributed by atoms with E-state index in [9.17, 15) is 8.42 Å². The Morgan fingerprint density at radius 2 is 1.67 bits per heavy atom. The van der Waals surface area contributed by atoms with Crippen LogP contribution >= 0.6 is 10.9 Å². The molecule has 12 heavy (non-hydrogen) atoms. The van der Waals surface area contributed by atoms with Crippen LogP contribution in [-0.2, 0) is 10.1 Å².